The second kappa shape index (κ2) is 4.87. The van der Waals surface area contributed by atoms with Crippen molar-refractivity contribution in [2.45, 2.75) is 26.9 Å². The van der Waals surface area contributed by atoms with Crippen molar-refractivity contribution in [2.75, 3.05) is 12.3 Å². The minimum Gasteiger partial charge on any atom is -0.399 e. The van der Waals surface area contributed by atoms with Gasteiger partial charge in [0.05, 0.1) is 6.61 Å². The Balaban J connectivity index is 2.61. The summed E-state index contributed by atoms with van der Waals surface area (Å²) in [5.74, 6) is 0. The monoisotopic (exact) mass is 179 g/mol. The molecule has 0 bridgehead atoms. The van der Waals surface area contributed by atoms with E-state index in [0.717, 1.165) is 24.3 Å². The van der Waals surface area contributed by atoms with E-state index in [1.165, 1.54) is 5.56 Å². The number of nitrogen functional groups attached to an aromatic ring is 1. The van der Waals surface area contributed by atoms with Crippen LogP contribution in [0.25, 0.3) is 0 Å². The zero-order valence-corrected chi connectivity index (χ0v) is 8.34. The van der Waals surface area contributed by atoms with Gasteiger partial charge in [0.2, 0.25) is 0 Å². The van der Waals surface area contributed by atoms with Gasteiger partial charge in [-0.1, -0.05) is 19.1 Å². The maximum atomic E-state index is 5.77. The van der Waals surface area contributed by atoms with Crippen LogP contribution in [0.3, 0.4) is 0 Å². The molecule has 72 valence electrons. The second-order valence-corrected chi connectivity index (χ2v) is 3.18. The van der Waals surface area contributed by atoms with Gasteiger partial charge in [0.15, 0.2) is 0 Å². The summed E-state index contributed by atoms with van der Waals surface area (Å²) < 4.78 is 5.45. The first-order valence-electron chi connectivity index (χ1n) is 4.67. The van der Waals surface area contributed by atoms with Crippen molar-refractivity contribution in [3.8, 4) is 0 Å². The van der Waals surface area contributed by atoms with Crippen LogP contribution >= 0.6 is 0 Å². The molecule has 0 spiro atoms. The molecule has 0 radical (unpaired) electrons. The molecule has 2 nitrogen and oxygen atoms in total. The van der Waals surface area contributed by atoms with Gasteiger partial charge in [0.1, 0.15) is 0 Å². The maximum Gasteiger partial charge on any atom is 0.0720 e. The summed E-state index contributed by atoms with van der Waals surface area (Å²) >= 11 is 0. The van der Waals surface area contributed by atoms with Crippen LogP contribution in [0.4, 0.5) is 5.69 Å². The van der Waals surface area contributed by atoms with E-state index in [1.54, 1.807) is 0 Å². The van der Waals surface area contributed by atoms with Crippen LogP contribution in [-0.4, -0.2) is 6.61 Å². The first-order chi connectivity index (χ1) is 6.25. The predicted molar refractivity (Wildman–Crippen MR) is 55.5 cm³/mol. The smallest absolute Gasteiger partial charge is 0.0720 e. The number of ether oxygens (including phenoxy) is 1. The van der Waals surface area contributed by atoms with E-state index in [2.05, 4.69) is 13.0 Å². The Morgan fingerprint density at radius 3 is 2.85 bits per heavy atom. The van der Waals surface area contributed by atoms with Gasteiger partial charge < -0.3 is 10.5 Å². The van der Waals surface area contributed by atoms with Crippen molar-refractivity contribution < 1.29 is 4.74 Å². The third-order valence-corrected chi connectivity index (χ3v) is 2.09. The summed E-state index contributed by atoms with van der Waals surface area (Å²) in [5, 5.41) is 0. The van der Waals surface area contributed by atoms with Crippen molar-refractivity contribution in [1.82, 2.24) is 0 Å². The summed E-state index contributed by atoms with van der Waals surface area (Å²) in [7, 11) is 0. The number of hydrogen-bond acceptors (Lipinski definition) is 2. The first kappa shape index (κ1) is 10.1. The Morgan fingerprint density at radius 1 is 1.38 bits per heavy atom. The number of rotatable bonds is 4. The summed E-state index contributed by atoms with van der Waals surface area (Å²) in [6.45, 7) is 5.62. The van der Waals surface area contributed by atoms with Gasteiger partial charge in [-0.2, -0.15) is 0 Å². The summed E-state index contributed by atoms with van der Waals surface area (Å²) in [6, 6.07) is 5.94. The van der Waals surface area contributed by atoms with E-state index in [9.17, 15) is 0 Å². The normalized spacial score (nSPS) is 10.3. The number of benzene rings is 1. The SMILES string of the molecule is CCCOCc1cccc(N)c1C. The van der Waals surface area contributed by atoms with Gasteiger partial charge in [0.25, 0.3) is 0 Å². The molecule has 2 heteroatoms. The Morgan fingerprint density at radius 2 is 2.15 bits per heavy atom. The lowest BCUT2D eigenvalue weighted by molar-refractivity contribution is 0.121. The number of hydrogen-bond donors (Lipinski definition) is 1. The number of nitrogens with two attached hydrogens (primary N) is 1. The van der Waals surface area contributed by atoms with Crippen LogP contribution in [0.15, 0.2) is 18.2 Å². The fourth-order valence-corrected chi connectivity index (χ4v) is 1.19. The van der Waals surface area contributed by atoms with Crippen LogP contribution < -0.4 is 5.73 Å². The van der Waals surface area contributed by atoms with E-state index in [4.69, 9.17) is 10.5 Å². The molecule has 0 aromatic heterocycles. The third-order valence-electron chi connectivity index (χ3n) is 2.09. The quantitative estimate of drug-likeness (QED) is 0.569. The Kier molecular flexibility index (Phi) is 3.77. The lowest BCUT2D eigenvalue weighted by Gasteiger charge is -2.08. The lowest BCUT2D eigenvalue weighted by Crippen LogP contribution is -1.99. The van der Waals surface area contributed by atoms with Gasteiger partial charge in [0, 0.05) is 12.3 Å². The summed E-state index contributed by atoms with van der Waals surface area (Å²) in [4.78, 5) is 0. The van der Waals surface area contributed by atoms with Crippen molar-refractivity contribution in [2.24, 2.45) is 0 Å². The Hall–Kier alpha value is -1.02. The molecule has 13 heavy (non-hydrogen) atoms. The fourth-order valence-electron chi connectivity index (χ4n) is 1.19. The molecule has 1 aromatic carbocycles. The molecule has 0 unspecified atom stereocenters. The lowest BCUT2D eigenvalue weighted by atomic mass is 10.1. The van der Waals surface area contributed by atoms with E-state index in [-0.39, 0.29) is 0 Å². The van der Waals surface area contributed by atoms with Gasteiger partial charge in [-0.25, -0.2) is 0 Å². The summed E-state index contributed by atoms with van der Waals surface area (Å²) in [6.07, 6.45) is 1.06. The number of anilines is 1. The Labute approximate surface area is 79.7 Å². The first-order valence-corrected chi connectivity index (χ1v) is 4.67. The van der Waals surface area contributed by atoms with E-state index in [0.29, 0.717) is 6.61 Å². The zero-order valence-electron chi connectivity index (χ0n) is 8.34. The molecule has 1 rings (SSSR count). The molecule has 0 aliphatic carbocycles. The van der Waals surface area contributed by atoms with Crippen molar-refractivity contribution in [1.29, 1.82) is 0 Å². The van der Waals surface area contributed by atoms with Crippen molar-refractivity contribution >= 4 is 5.69 Å². The molecule has 0 fully saturated rings. The van der Waals surface area contributed by atoms with E-state index in [1.807, 2.05) is 19.1 Å². The van der Waals surface area contributed by atoms with Crippen LogP contribution in [0.5, 0.6) is 0 Å². The summed E-state index contributed by atoms with van der Waals surface area (Å²) in [5.41, 5.74) is 8.94. The second-order valence-electron chi connectivity index (χ2n) is 3.18. The molecule has 0 saturated heterocycles. The van der Waals surface area contributed by atoms with Crippen LogP contribution in [-0.2, 0) is 11.3 Å². The predicted octanol–water partition coefficient (Wildman–Crippen LogP) is 2.50. The zero-order chi connectivity index (χ0) is 9.68. The van der Waals surface area contributed by atoms with Crippen LogP contribution in [0.2, 0.25) is 0 Å². The van der Waals surface area contributed by atoms with Crippen molar-refractivity contribution in [3.05, 3.63) is 29.3 Å². The Bertz CT molecular complexity index is 271. The van der Waals surface area contributed by atoms with Crippen molar-refractivity contribution in [3.63, 3.8) is 0 Å². The molecular weight excluding hydrogens is 162 g/mol. The molecule has 0 aliphatic heterocycles. The fraction of sp³-hybridized carbons (Fsp3) is 0.455. The third kappa shape index (κ3) is 2.74. The molecule has 0 amide bonds. The maximum absolute atomic E-state index is 5.77. The van der Waals surface area contributed by atoms with Gasteiger partial charge in [-0.15, -0.1) is 0 Å². The highest BCUT2D eigenvalue weighted by Gasteiger charge is 2.00. The van der Waals surface area contributed by atoms with E-state index < -0.39 is 0 Å². The molecule has 2 N–H and O–H groups in total. The average Bonchev–Trinajstić information content (AvgIpc) is 2.13. The molecule has 0 heterocycles. The van der Waals surface area contributed by atoms with Gasteiger partial charge in [-0.3, -0.25) is 0 Å². The van der Waals surface area contributed by atoms with Crippen LogP contribution in [0, 0.1) is 6.92 Å². The standard InChI is InChI=1S/C11H17NO/c1-3-7-13-8-10-5-4-6-11(12)9(10)2/h4-6H,3,7-8,12H2,1-2H3. The highest BCUT2D eigenvalue weighted by atomic mass is 16.5. The largest absolute Gasteiger partial charge is 0.399 e. The van der Waals surface area contributed by atoms with E-state index >= 15 is 0 Å². The molecular formula is C11H17NO. The average molecular weight is 179 g/mol. The van der Waals surface area contributed by atoms with Gasteiger partial charge >= 0.3 is 0 Å². The molecule has 0 aliphatic rings. The molecule has 1 aromatic rings. The topological polar surface area (TPSA) is 35.2 Å². The highest BCUT2D eigenvalue weighted by Crippen LogP contribution is 2.16. The highest BCUT2D eigenvalue weighted by molar-refractivity contribution is 5.49. The minimum absolute atomic E-state index is 0.671. The molecule has 0 saturated carbocycles. The molecule has 0 atom stereocenters. The minimum atomic E-state index is 0.671. The van der Waals surface area contributed by atoms with Gasteiger partial charge in [-0.05, 0) is 30.5 Å². The van der Waals surface area contributed by atoms with Crippen LogP contribution in [0.1, 0.15) is 24.5 Å².